The highest BCUT2D eigenvalue weighted by atomic mass is 19.1. The maximum absolute atomic E-state index is 15.5. The lowest BCUT2D eigenvalue weighted by atomic mass is 9.98. The normalized spacial score (nSPS) is 13.0. The Morgan fingerprint density at radius 1 is 1.20 bits per heavy atom. The Balaban J connectivity index is 1.70. The van der Waals surface area contributed by atoms with Crippen molar-refractivity contribution in [1.29, 1.82) is 5.41 Å². The van der Waals surface area contributed by atoms with Crippen LogP contribution in [0.2, 0.25) is 0 Å². The minimum atomic E-state index is -0.518. The second-order valence-electron chi connectivity index (χ2n) is 9.69. The van der Waals surface area contributed by atoms with Crippen molar-refractivity contribution in [1.82, 2.24) is 20.0 Å². The topological polar surface area (TPSA) is 129 Å². The first kappa shape index (κ1) is 28.4. The number of aliphatic imine (C=N–C) groups is 1. The van der Waals surface area contributed by atoms with Crippen molar-refractivity contribution in [3.05, 3.63) is 76.1 Å². The second kappa shape index (κ2) is 12.5. The summed E-state index contributed by atoms with van der Waals surface area (Å²) in [5.41, 5.74) is 8.29. The summed E-state index contributed by atoms with van der Waals surface area (Å²) in [6.45, 7) is 5.30. The highest BCUT2D eigenvalue weighted by Gasteiger charge is 2.23. The van der Waals surface area contributed by atoms with Gasteiger partial charge in [-0.1, -0.05) is 19.9 Å². The van der Waals surface area contributed by atoms with Crippen LogP contribution in [0.1, 0.15) is 38.7 Å². The fourth-order valence-electron chi connectivity index (χ4n) is 4.69. The van der Waals surface area contributed by atoms with Crippen molar-refractivity contribution in [2.24, 2.45) is 10.7 Å². The quantitative estimate of drug-likeness (QED) is 0.327. The molecular formula is C30H34FN7O2. The van der Waals surface area contributed by atoms with E-state index in [1.54, 1.807) is 60.8 Å². The lowest BCUT2D eigenvalue weighted by Crippen LogP contribution is -2.34. The van der Waals surface area contributed by atoms with E-state index in [4.69, 9.17) is 11.1 Å². The average Bonchev–Trinajstić information content (AvgIpc) is 3.11. The van der Waals surface area contributed by atoms with E-state index in [0.29, 0.717) is 46.2 Å². The average molecular weight is 544 g/mol. The largest absolute Gasteiger partial charge is 0.394 e. The molecule has 3 aromatic rings. The molecule has 0 aliphatic carbocycles. The number of benzene rings is 2. The van der Waals surface area contributed by atoms with Gasteiger partial charge in [0.15, 0.2) is 0 Å². The molecular weight excluding hydrogens is 509 g/mol. The number of carbonyl (C=O) groups excluding carboxylic acids is 1. The predicted octanol–water partition coefficient (Wildman–Crippen LogP) is 4.38. The molecule has 1 aromatic heterocycles. The van der Waals surface area contributed by atoms with Gasteiger partial charge < -0.3 is 21.4 Å². The minimum absolute atomic E-state index is 0.0385. The molecule has 4 N–H and O–H groups in total. The van der Waals surface area contributed by atoms with Gasteiger partial charge in [0.25, 0.3) is 5.56 Å². The number of fused-ring (bicyclic) bond motifs is 2. The summed E-state index contributed by atoms with van der Waals surface area (Å²) in [6, 6.07) is 8.31. The number of halogens is 1. The van der Waals surface area contributed by atoms with Crippen molar-refractivity contribution in [2.45, 2.75) is 39.7 Å². The SMILES string of the molecule is CCCN(CCC)C(=O)C1=Cc2c(F)cc(-c3ccc4c(=O)n(CC(=N)/C=C\NC)ncc4c3)cc2N=C(N)C1. The van der Waals surface area contributed by atoms with E-state index in [2.05, 4.69) is 15.4 Å². The molecule has 10 heteroatoms. The number of allylic oxidation sites excluding steroid dienone is 1. The van der Waals surface area contributed by atoms with Crippen LogP contribution in [0.25, 0.3) is 28.0 Å². The van der Waals surface area contributed by atoms with E-state index < -0.39 is 5.82 Å². The minimum Gasteiger partial charge on any atom is -0.394 e. The van der Waals surface area contributed by atoms with Crippen LogP contribution in [0, 0.1) is 11.2 Å². The third-order valence-corrected chi connectivity index (χ3v) is 6.57. The summed E-state index contributed by atoms with van der Waals surface area (Å²) in [4.78, 5) is 32.4. The fourth-order valence-corrected chi connectivity index (χ4v) is 4.69. The smallest absolute Gasteiger partial charge is 0.274 e. The number of hydrogen-bond donors (Lipinski definition) is 3. The van der Waals surface area contributed by atoms with Gasteiger partial charge in [-0.3, -0.25) is 9.59 Å². The van der Waals surface area contributed by atoms with Gasteiger partial charge in [-0.25, -0.2) is 14.1 Å². The van der Waals surface area contributed by atoms with Crippen LogP contribution >= 0.6 is 0 Å². The number of amidine groups is 1. The summed E-state index contributed by atoms with van der Waals surface area (Å²) >= 11 is 0. The highest BCUT2D eigenvalue weighted by molar-refractivity contribution is 6.05. The Bertz CT molecular complexity index is 1600. The third-order valence-electron chi connectivity index (χ3n) is 6.57. The van der Waals surface area contributed by atoms with Gasteiger partial charge in [-0.2, -0.15) is 5.10 Å². The van der Waals surface area contributed by atoms with Crippen LogP contribution in [0.4, 0.5) is 10.1 Å². The fraction of sp³-hybridized carbons (Fsp3) is 0.300. The number of carbonyl (C=O) groups is 1. The molecule has 0 fully saturated rings. The lowest BCUT2D eigenvalue weighted by Gasteiger charge is -2.22. The van der Waals surface area contributed by atoms with E-state index >= 15 is 4.39 Å². The molecule has 9 nitrogen and oxygen atoms in total. The van der Waals surface area contributed by atoms with Crippen LogP contribution in [-0.4, -0.2) is 52.3 Å². The molecule has 0 unspecified atom stereocenters. The summed E-state index contributed by atoms with van der Waals surface area (Å²) in [5, 5.41) is 16.1. The molecule has 4 rings (SSSR count). The van der Waals surface area contributed by atoms with E-state index in [0.717, 1.165) is 12.8 Å². The summed E-state index contributed by atoms with van der Waals surface area (Å²) in [6.07, 6.45) is 8.08. The van der Waals surface area contributed by atoms with E-state index in [9.17, 15) is 9.59 Å². The van der Waals surface area contributed by atoms with Crippen LogP contribution in [0.3, 0.4) is 0 Å². The van der Waals surface area contributed by atoms with Gasteiger partial charge >= 0.3 is 0 Å². The first-order valence-electron chi connectivity index (χ1n) is 13.3. The van der Waals surface area contributed by atoms with Crippen molar-refractivity contribution in [3.8, 4) is 11.1 Å². The molecule has 1 aliphatic rings. The van der Waals surface area contributed by atoms with E-state index in [1.165, 1.54) is 10.7 Å². The lowest BCUT2D eigenvalue weighted by molar-refractivity contribution is -0.127. The molecule has 0 saturated carbocycles. The predicted molar refractivity (Wildman–Crippen MR) is 158 cm³/mol. The molecule has 2 heterocycles. The maximum atomic E-state index is 15.5. The number of rotatable bonds is 10. The summed E-state index contributed by atoms with van der Waals surface area (Å²) in [7, 11) is 1.73. The Labute approximate surface area is 232 Å². The third kappa shape index (κ3) is 6.17. The van der Waals surface area contributed by atoms with Crippen molar-refractivity contribution >= 4 is 40.0 Å². The molecule has 0 atom stereocenters. The Morgan fingerprint density at radius 3 is 2.65 bits per heavy atom. The van der Waals surface area contributed by atoms with Crippen molar-refractivity contribution in [2.75, 3.05) is 20.1 Å². The first-order chi connectivity index (χ1) is 19.2. The van der Waals surface area contributed by atoms with Gasteiger partial charge in [-0.05, 0) is 66.6 Å². The Morgan fingerprint density at radius 2 is 1.95 bits per heavy atom. The van der Waals surface area contributed by atoms with Gasteiger partial charge in [0, 0.05) is 43.1 Å². The number of nitrogens with zero attached hydrogens (tertiary/aromatic N) is 4. The zero-order valence-electron chi connectivity index (χ0n) is 23.0. The van der Waals surface area contributed by atoms with E-state index in [-0.39, 0.29) is 41.5 Å². The monoisotopic (exact) mass is 543 g/mol. The molecule has 40 heavy (non-hydrogen) atoms. The Kier molecular flexibility index (Phi) is 8.88. The van der Waals surface area contributed by atoms with Crippen molar-refractivity contribution < 1.29 is 9.18 Å². The zero-order valence-corrected chi connectivity index (χ0v) is 23.0. The summed E-state index contributed by atoms with van der Waals surface area (Å²) in [5.74, 6) is -0.434. The van der Waals surface area contributed by atoms with Crippen LogP contribution in [0.15, 0.2) is 64.2 Å². The molecule has 0 spiro atoms. The van der Waals surface area contributed by atoms with Gasteiger partial charge in [0.2, 0.25) is 5.91 Å². The standard InChI is InChI=1S/C30H34FN7O2/c1-4-10-37(11-5-2)29(39)21-13-25-26(31)14-20(15-27(25)36-28(33)16-21)19-6-7-24-22(12-19)17-35-38(30(24)40)18-23(32)8-9-34-3/h6-9,12-15,17,32,34H,4-5,10-11,16,18H2,1-3H3,(H2,33,36)/b9-8-,32-23?. The Hall–Kier alpha value is -4.60. The highest BCUT2D eigenvalue weighted by Crippen LogP contribution is 2.35. The summed E-state index contributed by atoms with van der Waals surface area (Å²) < 4.78 is 16.8. The van der Waals surface area contributed by atoms with Crippen LogP contribution < -0.4 is 16.6 Å². The molecule has 1 amide bonds. The number of nitrogens with two attached hydrogens (primary N) is 1. The zero-order chi connectivity index (χ0) is 28.8. The maximum Gasteiger partial charge on any atom is 0.274 e. The number of hydrogen-bond acceptors (Lipinski definition) is 7. The number of aromatic nitrogens is 2. The number of nitrogens with one attached hydrogen (secondary N) is 2. The molecule has 208 valence electrons. The van der Waals surface area contributed by atoms with Crippen LogP contribution in [-0.2, 0) is 11.3 Å². The second-order valence-corrected chi connectivity index (χ2v) is 9.69. The molecule has 2 aromatic carbocycles. The van der Waals surface area contributed by atoms with Crippen molar-refractivity contribution in [3.63, 3.8) is 0 Å². The van der Waals surface area contributed by atoms with Gasteiger partial charge in [-0.15, -0.1) is 0 Å². The van der Waals surface area contributed by atoms with Gasteiger partial charge in [0.05, 0.1) is 29.5 Å². The van der Waals surface area contributed by atoms with Crippen LogP contribution in [0.5, 0.6) is 0 Å². The van der Waals surface area contributed by atoms with E-state index in [1.807, 2.05) is 13.8 Å². The first-order valence-corrected chi connectivity index (χ1v) is 13.3. The molecule has 0 saturated heterocycles. The molecule has 0 radical (unpaired) electrons. The molecule has 1 aliphatic heterocycles. The molecule has 0 bridgehead atoms. The number of amides is 1. The van der Waals surface area contributed by atoms with Gasteiger partial charge in [0.1, 0.15) is 11.7 Å².